The summed E-state index contributed by atoms with van der Waals surface area (Å²) in [5.74, 6) is -0.898. The lowest BCUT2D eigenvalue weighted by Gasteiger charge is -2.18. The molecule has 366 valence electrons. The summed E-state index contributed by atoms with van der Waals surface area (Å²) >= 11 is 0. The quantitative estimate of drug-likeness (QED) is 0.0199. The van der Waals surface area contributed by atoms with Crippen molar-refractivity contribution in [1.82, 2.24) is 0 Å². The smallest absolute Gasteiger partial charge is 0.306 e. The molecule has 0 aliphatic heterocycles. The Morgan fingerprint density at radius 2 is 0.587 bits per heavy atom. The number of carbonyl (C=O) groups excluding carboxylic acids is 3. The van der Waals surface area contributed by atoms with Crippen LogP contribution in [0.15, 0.2) is 48.6 Å². The molecule has 0 fully saturated rings. The van der Waals surface area contributed by atoms with Gasteiger partial charge in [0.15, 0.2) is 6.10 Å². The molecule has 0 aliphatic rings. The van der Waals surface area contributed by atoms with E-state index in [1.807, 2.05) is 0 Å². The number of esters is 3. The molecule has 0 radical (unpaired) electrons. The molecular formula is C57H102O6. The van der Waals surface area contributed by atoms with Gasteiger partial charge in [0.2, 0.25) is 0 Å². The SMILES string of the molecule is CCCC/C=C\CCCCCCC(=O)OCC(COC(=O)CCCCCCCCCCCC/C=C\C=C/CCCCC)OC(=O)CCCCCCC/C=C\CCCCCCCCC. The third kappa shape index (κ3) is 50.2. The van der Waals surface area contributed by atoms with E-state index in [1.165, 1.54) is 148 Å². The zero-order valence-electron chi connectivity index (χ0n) is 41.8. The standard InChI is InChI=1S/C57H102O6/c1-4-7-10-13-16-19-22-24-26-28-29-30-32-33-35-38-41-44-47-50-56(59)62-53-54(52-61-55(58)49-46-43-40-37-21-18-15-12-9-6-3)63-57(60)51-48-45-42-39-36-34-31-27-25-23-20-17-14-11-8-5-2/h15-16,18-19,22,24,27,31,54H,4-14,17,20-21,23,25-26,28-30,32-53H2,1-3H3/b18-15-,19-16-,24-22-,31-27-. The molecule has 0 aromatic carbocycles. The van der Waals surface area contributed by atoms with Crippen molar-refractivity contribution >= 4 is 17.9 Å². The topological polar surface area (TPSA) is 78.9 Å². The van der Waals surface area contributed by atoms with Crippen LogP contribution < -0.4 is 0 Å². The van der Waals surface area contributed by atoms with Gasteiger partial charge in [0.25, 0.3) is 0 Å². The number of rotatable bonds is 49. The average Bonchev–Trinajstić information content (AvgIpc) is 3.28. The molecule has 0 saturated carbocycles. The van der Waals surface area contributed by atoms with Crippen molar-refractivity contribution in [3.8, 4) is 0 Å². The summed E-state index contributed by atoms with van der Waals surface area (Å²) in [5, 5.41) is 0. The predicted molar refractivity (Wildman–Crippen MR) is 270 cm³/mol. The van der Waals surface area contributed by atoms with Crippen molar-refractivity contribution in [3.05, 3.63) is 48.6 Å². The van der Waals surface area contributed by atoms with Crippen LogP contribution in [-0.4, -0.2) is 37.2 Å². The summed E-state index contributed by atoms with van der Waals surface area (Å²) in [6.45, 7) is 6.56. The van der Waals surface area contributed by atoms with E-state index < -0.39 is 6.10 Å². The average molecular weight is 883 g/mol. The molecule has 0 rings (SSSR count). The van der Waals surface area contributed by atoms with Gasteiger partial charge in [-0.25, -0.2) is 0 Å². The van der Waals surface area contributed by atoms with E-state index >= 15 is 0 Å². The summed E-state index contributed by atoms with van der Waals surface area (Å²) in [4.78, 5) is 38.0. The normalized spacial score (nSPS) is 12.4. The third-order valence-electron chi connectivity index (χ3n) is 11.8. The largest absolute Gasteiger partial charge is 0.462 e. The minimum atomic E-state index is -0.781. The molecule has 1 atom stereocenters. The Morgan fingerprint density at radius 1 is 0.317 bits per heavy atom. The summed E-state index contributed by atoms with van der Waals surface area (Å²) in [6, 6.07) is 0. The van der Waals surface area contributed by atoms with Gasteiger partial charge in [0, 0.05) is 19.3 Å². The Hall–Kier alpha value is -2.63. The minimum Gasteiger partial charge on any atom is -0.462 e. The van der Waals surface area contributed by atoms with Gasteiger partial charge in [-0.1, -0.05) is 217 Å². The fraction of sp³-hybridized carbons (Fsp3) is 0.807. The predicted octanol–water partition coefficient (Wildman–Crippen LogP) is 17.9. The molecule has 1 unspecified atom stereocenters. The van der Waals surface area contributed by atoms with Crippen LogP contribution in [0.5, 0.6) is 0 Å². The highest BCUT2D eigenvalue weighted by Crippen LogP contribution is 2.15. The number of hydrogen-bond donors (Lipinski definition) is 0. The number of unbranched alkanes of at least 4 members (excludes halogenated alkanes) is 31. The number of hydrogen-bond acceptors (Lipinski definition) is 6. The van der Waals surface area contributed by atoms with Crippen LogP contribution in [0.1, 0.15) is 278 Å². The van der Waals surface area contributed by atoms with Crippen molar-refractivity contribution in [2.75, 3.05) is 13.2 Å². The highest BCUT2D eigenvalue weighted by atomic mass is 16.6. The molecule has 0 amide bonds. The molecule has 0 aromatic rings. The maximum absolute atomic E-state index is 12.8. The lowest BCUT2D eigenvalue weighted by molar-refractivity contribution is -0.167. The lowest BCUT2D eigenvalue weighted by atomic mass is 10.1. The molecule has 0 aromatic heterocycles. The van der Waals surface area contributed by atoms with E-state index in [9.17, 15) is 14.4 Å². The fourth-order valence-electron chi connectivity index (χ4n) is 7.64. The van der Waals surface area contributed by atoms with Crippen LogP contribution in [0.2, 0.25) is 0 Å². The summed E-state index contributed by atoms with van der Waals surface area (Å²) in [5.41, 5.74) is 0. The van der Waals surface area contributed by atoms with Crippen LogP contribution in [0.4, 0.5) is 0 Å². The van der Waals surface area contributed by atoms with Gasteiger partial charge >= 0.3 is 17.9 Å². The van der Waals surface area contributed by atoms with Gasteiger partial charge in [-0.05, 0) is 89.9 Å². The molecule has 0 N–H and O–H groups in total. The van der Waals surface area contributed by atoms with E-state index in [1.54, 1.807) is 0 Å². The summed E-state index contributed by atoms with van der Waals surface area (Å²) < 4.78 is 16.8. The number of ether oxygens (including phenoxy) is 3. The zero-order valence-corrected chi connectivity index (χ0v) is 41.8. The number of allylic oxidation sites excluding steroid dienone is 8. The molecule has 0 saturated heterocycles. The summed E-state index contributed by atoms with van der Waals surface area (Å²) in [6.07, 6.45) is 62.4. The van der Waals surface area contributed by atoms with Crippen molar-refractivity contribution in [2.24, 2.45) is 0 Å². The Morgan fingerprint density at radius 3 is 0.968 bits per heavy atom. The van der Waals surface area contributed by atoms with Crippen LogP contribution in [0, 0.1) is 0 Å². The first-order chi connectivity index (χ1) is 31.0. The second-order valence-electron chi connectivity index (χ2n) is 18.2. The lowest BCUT2D eigenvalue weighted by Crippen LogP contribution is -2.30. The number of carbonyl (C=O) groups is 3. The molecule has 0 aliphatic carbocycles. The van der Waals surface area contributed by atoms with E-state index in [0.717, 1.165) is 89.9 Å². The van der Waals surface area contributed by atoms with Crippen LogP contribution in [0.25, 0.3) is 0 Å². The molecular weight excluding hydrogens is 781 g/mol. The van der Waals surface area contributed by atoms with Crippen molar-refractivity contribution in [3.63, 3.8) is 0 Å². The Labute approximate surface area is 390 Å². The van der Waals surface area contributed by atoms with Crippen LogP contribution in [-0.2, 0) is 28.6 Å². The molecule has 0 heterocycles. The van der Waals surface area contributed by atoms with Gasteiger partial charge in [0.05, 0.1) is 0 Å². The second kappa shape index (κ2) is 52.0. The van der Waals surface area contributed by atoms with Crippen molar-refractivity contribution < 1.29 is 28.6 Å². The highest BCUT2D eigenvalue weighted by molar-refractivity contribution is 5.71. The van der Waals surface area contributed by atoms with Crippen molar-refractivity contribution in [2.45, 2.75) is 284 Å². The second-order valence-corrected chi connectivity index (χ2v) is 18.2. The Balaban J connectivity index is 4.32. The van der Waals surface area contributed by atoms with Gasteiger partial charge in [-0.15, -0.1) is 0 Å². The third-order valence-corrected chi connectivity index (χ3v) is 11.8. The van der Waals surface area contributed by atoms with Gasteiger partial charge < -0.3 is 14.2 Å². The first-order valence-corrected chi connectivity index (χ1v) is 27.2. The van der Waals surface area contributed by atoms with Gasteiger partial charge in [-0.3, -0.25) is 14.4 Å². The Bertz CT molecular complexity index is 1110. The van der Waals surface area contributed by atoms with Crippen LogP contribution >= 0.6 is 0 Å². The minimum absolute atomic E-state index is 0.0808. The molecule has 0 spiro atoms. The maximum Gasteiger partial charge on any atom is 0.306 e. The monoisotopic (exact) mass is 883 g/mol. The van der Waals surface area contributed by atoms with Crippen LogP contribution in [0.3, 0.4) is 0 Å². The van der Waals surface area contributed by atoms with Crippen molar-refractivity contribution in [1.29, 1.82) is 0 Å². The van der Waals surface area contributed by atoms with Gasteiger partial charge in [-0.2, -0.15) is 0 Å². The fourth-order valence-corrected chi connectivity index (χ4v) is 7.64. The van der Waals surface area contributed by atoms with E-state index in [-0.39, 0.29) is 31.1 Å². The van der Waals surface area contributed by atoms with E-state index in [0.29, 0.717) is 19.3 Å². The maximum atomic E-state index is 12.8. The van der Waals surface area contributed by atoms with Gasteiger partial charge in [0.1, 0.15) is 13.2 Å². The van der Waals surface area contributed by atoms with E-state index in [4.69, 9.17) is 14.2 Å². The Kier molecular flexibility index (Phi) is 49.8. The zero-order chi connectivity index (χ0) is 45.8. The molecule has 6 heteroatoms. The first-order valence-electron chi connectivity index (χ1n) is 27.2. The molecule has 63 heavy (non-hydrogen) atoms. The van der Waals surface area contributed by atoms with E-state index in [2.05, 4.69) is 69.4 Å². The summed E-state index contributed by atoms with van der Waals surface area (Å²) in [7, 11) is 0. The highest BCUT2D eigenvalue weighted by Gasteiger charge is 2.19. The molecule has 0 bridgehead atoms. The first kappa shape index (κ1) is 60.4. The molecule has 6 nitrogen and oxygen atoms in total.